The zero-order valence-electron chi connectivity index (χ0n) is 15.4. The van der Waals surface area contributed by atoms with E-state index in [9.17, 15) is 4.79 Å². The van der Waals surface area contributed by atoms with E-state index in [1.807, 2.05) is 46.6 Å². The number of nitrogens with one attached hydrogen (secondary N) is 1. The summed E-state index contributed by atoms with van der Waals surface area (Å²) >= 11 is 1.62. The first-order valence-corrected chi connectivity index (χ1v) is 10.1. The molecule has 5 nitrogen and oxygen atoms in total. The van der Waals surface area contributed by atoms with Gasteiger partial charge in [0.15, 0.2) is 0 Å². The van der Waals surface area contributed by atoms with Gasteiger partial charge in [0.2, 0.25) is 5.91 Å². The van der Waals surface area contributed by atoms with E-state index in [1.165, 1.54) is 5.69 Å². The molecule has 4 rings (SSSR count). The van der Waals surface area contributed by atoms with Gasteiger partial charge in [0.05, 0.1) is 32.3 Å². The van der Waals surface area contributed by atoms with Crippen LogP contribution in [-0.4, -0.2) is 22.8 Å². The van der Waals surface area contributed by atoms with Crippen LogP contribution in [0.2, 0.25) is 0 Å². The van der Waals surface area contributed by atoms with Crippen LogP contribution in [0.15, 0.2) is 48.0 Å². The molecule has 1 atom stereocenters. The zero-order valence-corrected chi connectivity index (χ0v) is 16.2. The van der Waals surface area contributed by atoms with E-state index in [-0.39, 0.29) is 11.9 Å². The molecule has 2 heterocycles. The quantitative estimate of drug-likeness (QED) is 0.708. The Bertz CT molecular complexity index is 917. The molecular formula is C21H23N3O2S. The molecule has 2 aromatic heterocycles. The maximum Gasteiger partial charge on any atom is 0.225 e. The molecule has 1 N–H and O–H groups in total. The summed E-state index contributed by atoms with van der Waals surface area (Å²) in [4.78, 5) is 13.5. The molecule has 0 fully saturated rings. The van der Waals surface area contributed by atoms with E-state index < -0.39 is 0 Å². The van der Waals surface area contributed by atoms with E-state index in [2.05, 4.69) is 16.5 Å². The van der Waals surface area contributed by atoms with Crippen molar-refractivity contribution in [3.8, 4) is 5.75 Å². The second-order valence-corrected chi connectivity index (χ2v) is 7.82. The van der Waals surface area contributed by atoms with Gasteiger partial charge in [-0.25, -0.2) is 0 Å². The van der Waals surface area contributed by atoms with Crippen molar-refractivity contribution in [1.82, 2.24) is 15.1 Å². The number of fused-ring (bicyclic) bond motifs is 1. The van der Waals surface area contributed by atoms with Gasteiger partial charge < -0.3 is 10.1 Å². The van der Waals surface area contributed by atoms with E-state index >= 15 is 0 Å². The lowest BCUT2D eigenvalue weighted by Crippen LogP contribution is -2.32. The van der Waals surface area contributed by atoms with Gasteiger partial charge in [0, 0.05) is 21.7 Å². The number of carbonyl (C=O) groups is 1. The molecule has 0 saturated heterocycles. The maximum atomic E-state index is 12.4. The smallest absolute Gasteiger partial charge is 0.225 e. The molecule has 0 spiro atoms. The standard InChI is InChI=1S/C21H23N3O2S/c1-26-20-10-3-2-6-15(20)14-24-19-9-4-8-18(17(19)13-22-24)23-21(25)12-16-7-5-11-27-16/h2-3,5-7,10-11,13,18H,4,8-9,12,14H2,1H3,(H,23,25)/t18-/m0/s1. The van der Waals surface area contributed by atoms with Gasteiger partial charge in [-0.3, -0.25) is 9.48 Å². The molecule has 0 unspecified atom stereocenters. The lowest BCUT2D eigenvalue weighted by Gasteiger charge is -2.24. The predicted octanol–water partition coefficient (Wildman–Crippen LogP) is 3.74. The first-order chi connectivity index (χ1) is 13.2. The number of hydrogen-bond acceptors (Lipinski definition) is 4. The highest BCUT2D eigenvalue weighted by molar-refractivity contribution is 7.10. The van der Waals surface area contributed by atoms with Crippen LogP contribution in [0.4, 0.5) is 0 Å². The first kappa shape index (κ1) is 17.8. The Labute approximate surface area is 163 Å². The SMILES string of the molecule is COc1ccccc1Cn1ncc2c1CCC[C@@H]2NC(=O)Cc1cccs1. The molecule has 0 saturated carbocycles. The molecule has 0 aliphatic heterocycles. The number of hydrogen-bond donors (Lipinski definition) is 1. The van der Waals surface area contributed by atoms with Gasteiger partial charge in [0.25, 0.3) is 0 Å². The van der Waals surface area contributed by atoms with Gasteiger partial charge in [0.1, 0.15) is 5.75 Å². The second-order valence-electron chi connectivity index (χ2n) is 6.78. The largest absolute Gasteiger partial charge is 0.496 e. The van der Waals surface area contributed by atoms with Gasteiger partial charge in [-0.15, -0.1) is 11.3 Å². The summed E-state index contributed by atoms with van der Waals surface area (Å²) in [7, 11) is 1.69. The van der Waals surface area contributed by atoms with Gasteiger partial charge in [-0.1, -0.05) is 24.3 Å². The number of thiophene rings is 1. The topological polar surface area (TPSA) is 56.1 Å². The lowest BCUT2D eigenvalue weighted by atomic mass is 9.92. The van der Waals surface area contributed by atoms with Crippen molar-refractivity contribution < 1.29 is 9.53 Å². The van der Waals surface area contributed by atoms with Crippen molar-refractivity contribution in [3.05, 3.63) is 69.7 Å². The summed E-state index contributed by atoms with van der Waals surface area (Å²) in [6.07, 6.45) is 5.36. The first-order valence-electron chi connectivity index (χ1n) is 9.23. The van der Waals surface area contributed by atoms with Gasteiger partial charge in [-0.2, -0.15) is 5.10 Å². The van der Waals surface area contributed by atoms with E-state index in [1.54, 1.807) is 18.4 Å². The van der Waals surface area contributed by atoms with Crippen LogP contribution in [0.3, 0.4) is 0 Å². The Morgan fingerprint density at radius 3 is 3.04 bits per heavy atom. The van der Waals surface area contributed by atoms with Crippen molar-refractivity contribution in [1.29, 1.82) is 0 Å². The minimum absolute atomic E-state index is 0.0487. The predicted molar refractivity (Wildman–Crippen MR) is 106 cm³/mol. The van der Waals surface area contributed by atoms with Crippen LogP contribution >= 0.6 is 11.3 Å². The van der Waals surface area contributed by atoms with Crippen LogP contribution < -0.4 is 10.1 Å². The van der Waals surface area contributed by atoms with Crippen LogP contribution in [0, 0.1) is 0 Å². The third-order valence-corrected chi connectivity index (χ3v) is 5.90. The maximum absolute atomic E-state index is 12.4. The Hall–Kier alpha value is -2.60. The van der Waals surface area contributed by atoms with Gasteiger partial charge in [-0.05, 0) is 36.8 Å². The van der Waals surface area contributed by atoms with Crippen LogP contribution in [0.1, 0.15) is 40.6 Å². The third kappa shape index (κ3) is 3.90. The number of nitrogens with zero attached hydrogens (tertiary/aromatic N) is 2. The van der Waals surface area contributed by atoms with E-state index in [4.69, 9.17) is 4.74 Å². The molecule has 1 amide bonds. The fourth-order valence-electron chi connectivity index (χ4n) is 3.72. The lowest BCUT2D eigenvalue weighted by molar-refractivity contribution is -0.121. The van der Waals surface area contributed by atoms with Crippen molar-refractivity contribution in [2.75, 3.05) is 7.11 Å². The summed E-state index contributed by atoms with van der Waals surface area (Å²) in [6, 6.07) is 12.1. The molecule has 6 heteroatoms. The van der Waals surface area contributed by atoms with Crippen LogP contribution in [0.25, 0.3) is 0 Å². The Balaban J connectivity index is 1.50. The Kier molecular flexibility index (Phi) is 5.25. The number of para-hydroxylation sites is 1. The van der Waals surface area contributed by atoms with Crippen molar-refractivity contribution in [2.45, 2.75) is 38.3 Å². The summed E-state index contributed by atoms with van der Waals surface area (Å²) in [5.41, 5.74) is 3.47. The van der Waals surface area contributed by atoms with Crippen LogP contribution in [-0.2, 0) is 24.2 Å². The van der Waals surface area contributed by atoms with Gasteiger partial charge >= 0.3 is 0 Å². The molecule has 3 aromatic rings. The summed E-state index contributed by atoms with van der Waals surface area (Å²) < 4.78 is 7.51. The van der Waals surface area contributed by atoms with Crippen molar-refractivity contribution in [3.63, 3.8) is 0 Å². The number of aromatic nitrogens is 2. The van der Waals surface area contributed by atoms with E-state index in [0.29, 0.717) is 13.0 Å². The second kappa shape index (κ2) is 7.96. The molecule has 1 aromatic carbocycles. The molecular weight excluding hydrogens is 358 g/mol. The molecule has 140 valence electrons. The fraction of sp³-hybridized carbons (Fsp3) is 0.333. The number of rotatable bonds is 6. The zero-order chi connectivity index (χ0) is 18.6. The van der Waals surface area contributed by atoms with Crippen LogP contribution in [0.5, 0.6) is 5.75 Å². The normalized spacial score (nSPS) is 16.0. The Morgan fingerprint density at radius 2 is 2.22 bits per heavy atom. The minimum atomic E-state index is 0.0487. The highest BCUT2D eigenvalue weighted by atomic mass is 32.1. The molecule has 0 radical (unpaired) electrons. The summed E-state index contributed by atoms with van der Waals surface area (Å²) in [5, 5.41) is 9.82. The number of benzene rings is 1. The highest BCUT2D eigenvalue weighted by Crippen LogP contribution is 2.31. The Morgan fingerprint density at radius 1 is 1.33 bits per heavy atom. The summed E-state index contributed by atoms with van der Waals surface area (Å²) in [6.45, 7) is 0.676. The monoisotopic (exact) mass is 381 g/mol. The van der Waals surface area contributed by atoms with Crippen molar-refractivity contribution in [2.24, 2.45) is 0 Å². The van der Waals surface area contributed by atoms with Crippen molar-refractivity contribution >= 4 is 17.2 Å². The minimum Gasteiger partial charge on any atom is -0.496 e. The molecule has 1 aliphatic rings. The number of carbonyl (C=O) groups excluding carboxylic acids is 1. The molecule has 27 heavy (non-hydrogen) atoms. The molecule has 0 bridgehead atoms. The number of amides is 1. The van der Waals surface area contributed by atoms with E-state index in [0.717, 1.165) is 41.0 Å². The molecule has 1 aliphatic carbocycles. The third-order valence-electron chi connectivity index (χ3n) is 5.03. The average molecular weight is 382 g/mol. The summed E-state index contributed by atoms with van der Waals surface area (Å²) in [5.74, 6) is 0.950. The average Bonchev–Trinajstić information content (AvgIpc) is 3.33. The number of ether oxygens (including phenoxy) is 1. The number of methoxy groups -OCH3 is 1. The fourth-order valence-corrected chi connectivity index (χ4v) is 4.42. The highest BCUT2D eigenvalue weighted by Gasteiger charge is 2.26.